The largest absolute Gasteiger partial charge is 0.394 e. The number of rotatable bonds is 3. The van der Waals surface area contributed by atoms with Gasteiger partial charge < -0.3 is 15.7 Å². The van der Waals surface area contributed by atoms with Crippen LogP contribution in [0.15, 0.2) is 22.7 Å². The van der Waals surface area contributed by atoms with Crippen molar-refractivity contribution in [2.24, 2.45) is 11.7 Å². The molecule has 2 rings (SSSR count). The lowest BCUT2D eigenvalue weighted by Crippen LogP contribution is -2.35. The third-order valence-corrected chi connectivity index (χ3v) is 4.26. The summed E-state index contributed by atoms with van der Waals surface area (Å²) >= 11 is 3.60. The fourth-order valence-corrected chi connectivity index (χ4v) is 3.15. The van der Waals surface area contributed by atoms with Gasteiger partial charge in [0, 0.05) is 17.6 Å². The zero-order valence-electron chi connectivity index (χ0n) is 10.1. The average Bonchev–Trinajstić information content (AvgIpc) is 2.70. The van der Waals surface area contributed by atoms with Crippen LogP contribution in [-0.2, 0) is 6.54 Å². The number of hydrogen-bond acceptors (Lipinski definition) is 3. The molecular formula is C13H19BrN2O. The van der Waals surface area contributed by atoms with E-state index in [1.54, 1.807) is 0 Å². The minimum absolute atomic E-state index is 0.215. The van der Waals surface area contributed by atoms with Crippen LogP contribution in [0.5, 0.6) is 0 Å². The van der Waals surface area contributed by atoms with Gasteiger partial charge in [0.25, 0.3) is 0 Å². The van der Waals surface area contributed by atoms with Crippen LogP contribution in [0, 0.1) is 5.92 Å². The highest BCUT2D eigenvalue weighted by Gasteiger charge is 2.31. The predicted molar refractivity (Wildman–Crippen MR) is 74.0 cm³/mol. The molecule has 0 aliphatic carbocycles. The molecule has 1 aromatic rings. The predicted octanol–water partition coefficient (Wildman–Crippen LogP) is 2.11. The molecule has 94 valence electrons. The Morgan fingerprint density at radius 3 is 2.88 bits per heavy atom. The first-order valence-electron chi connectivity index (χ1n) is 6.03. The van der Waals surface area contributed by atoms with Gasteiger partial charge in [-0.3, -0.25) is 0 Å². The van der Waals surface area contributed by atoms with E-state index in [1.165, 1.54) is 0 Å². The number of benzene rings is 1. The Labute approximate surface area is 111 Å². The molecule has 3 N–H and O–H groups in total. The smallest absolute Gasteiger partial charge is 0.0637 e. The number of halogens is 1. The third kappa shape index (κ3) is 2.49. The Morgan fingerprint density at radius 1 is 1.53 bits per heavy atom. The summed E-state index contributed by atoms with van der Waals surface area (Å²) in [6.07, 6.45) is 1.14. The summed E-state index contributed by atoms with van der Waals surface area (Å²) < 4.78 is 1.06. The second-order valence-electron chi connectivity index (χ2n) is 4.70. The van der Waals surface area contributed by atoms with Crippen LogP contribution in [0.1, 0.15) is 18.9 Å². The minimum Gasteiger partial charge on any atom is -0.394 e. The van der Waals surface area contributed by atoms with Crippen molar-refractivity contribution in [1.29, 1.82) is 0 Å². The van der Waals surface area contributed by atoms with Crippen molar-refractivity contribution in [3.63, 3.8) is 0 Å². The van der Waals surface area contributed by atoms with E-state index in [9.17, 15) is 5.11 Å². The highest BCUT2D eigenvalue weighted by molar-refractivity contribution is 9.10. The van der Waals surface area contributed by atoms with E-state index in [0.717, 1.165) is 28.7 Å². The molecule has 0 amide bonds. The molecule has 1 aliphatic rings. The van der Waals surface area contributed by atoms with E-state index in [1.807, 2.05) is 0 Å². The van der Waals surface area contributed by atoms with Crippen molar-refractivity contribution in [3.05, 3.63) is 28.2 Å². The van der Waals surface area contributed by atoms with Gasteiger partial charge in [-0.2, -0.15) is 0 Å². The van der Waals surface area contributed by atoms with E-state index in [0.29, 0.717) is 12.5 Å². The molecule has 17 heavy (non-hydrogen) atoms. The Balaban J connectivity index is 2.28. The summed E-state index contributed by atoms with van der Waals surface area (Å²) in [5, 5.41) is 9.48. The van der Waals surface area contributed by atoms with Crippen LogP contribution in [0.4, 0.5) is 5.69 Å². The first-order valence-corrected chi connectivity index (χ1v) is 6.82. The zero-order chi connectivity index (χ0) is 12.4. The van der Waals surface area contributed by atoms with Gasteiger partial charge in [-0.1, -0.05) is 13.0 Å². The van der Waals surface area contributed by atoms with Crippen LogP contribution in [0.3, 0.4) is 0 Å². The monoisotopic (exact) mass is 298 g/mol. The Hall–Kier alpha value is -0.580. The van der Waals surface area contributed by atoms with Crippen molar-refractivity contribution in [2.45, 2.75) is 25.9 Å². The minimum atomic E-state index is 0.215. The summed E-state index contributed by atoms with van der Waals surface area (Å²) in [6, 6.07) is 6.44. The van der Waals surface area contributed by atoms with Crippen molar-refractivity contribution in [3.8, 4) is 0 Å². The van der Waals surface area contributed by atoms with E-state index < -0.39 is 0 Å². The molecule has 0 spiro atoms. The highest BCUT2D eigenvalue weighted by atomic mass is 79.9. The van der Waals surface area contributed by atoms with Gasteiger partial charge in [0.15, 0.2) is 0 Å². The second kappa shape index (κ2) is 5.38. The molecule has 0 bridgehead atoms. The lowest BCUT2D eigenvalue weighted by atomic mass is 10.0. The fraction of sp³-hybridized carbons (Fsp3) is 0.538. The lowest BCUT2D eigenvalue weighted by molar-refractivity contribution is 0.244. The van der Waals surface area contributed by atoms with Crippen molar-refractivity contribution in [2.75, 3.05) is 18.1 Å². The van der Waals surface area contributed by atoms with Crippen LogP contribution in [0.25, 0.3) is 0 Å². The van der Waals surface area contributed by atoms with Crippen LogP contribution >= 0.6 is 15.9 Å². The first-order chi connectivity index (χ1) is 8.17. The van der Waals surface area contributed by atoms with Gasteiger partial charge in [0.1, 0.15) is 0 Å². The Kier molecular flexibility index (Phi) is 4.07. The van der Waals surface area contributed by atoms with Gasteiger partial charge in [0.05, 0.1) is 18.3 Å². The molecule has 1 aromatic carbocycles. The molecule has 1 saturated heterocycles. The SMILES string of the molecule is CC1CCN(c2ccc(CN)cc2Br)C1CO. The van der Waals surface area contributed by atoms with Gasteiger partial charge in [-0.05, 0) is 46.0 Å². The maximum atomic E-state index is 9.48. The summed E-state index contributed by atoms with van der Waals surface area (Å²) in [4.78, 5) is 2.29. The molecule has 0 radical (unpaired) electrons. The van der Waals surface area contributed by atoms with Crippen molar-refractivity contribution < 1.29 is 5.11 Å². The summed E-state index contributed by atoms with van der Waals surface area (Å²) in [5.74, 6) is 0.543. The Morgan fingerprint density at radius 2 is 2.29 bits per heavy atom. The lowest BCUT2D eigenvalue weighted by Gasteiger charge is -2.28. The normalized spacial score (nSPS) is 24.4. The van der Waals surface area contributed by atoms with Gasteiger partial charge in [-0.15, -0.1) is 0 Å². The molecule has 2 unspecified atom stereocenters. The van der Waals surface area contributed by atoms with Gasteiger partial charge in [-0.25, -0.2) is 0 Å². The maximum absolute atomic E-state index is 9.48. The molecule has 0 saturated carbocycles. The quantitative estimate of drug-likeness (QED) is 0.899. The number of anilines is 1. The molecule has 0 aromatic heterocycles. The molecule has 1 heterocycles. The van der Waals surface area contributed by atoms with E-state index in [2.05, 4.69) is 46.0 Å². The van der Waals surface area contributed by atoms with E-state index >= 15 is 0 Å². The molecule has 1 fully saturated rings. The molecule has 3 nitrogen and oxygen atoms in total. The molecule has 2 atom stereocenters. The second-order valence-corrected chi connectivity index (χ2v) is 5.55. The van der Waals surface area contributed by atoms with Gasteiger partial charge >= 0.3 is 0 Å². The highest BCUT2D eigenvalue weighted by Crippen LogP contribution is 2.34. The average molecular weight is 299 g/mol. The zero-order valence-corrected chi connectivity index (χ0v) is 11.7. The summed E-state index contributed by atoms with van der Waals surface area (Å²) in [6.45, 7) is 3.97. The van der Waals surface area contributed by atoms with E-state index in [-0.39, 0.29) is 12.6 Å². The third-order valence-electron chi connectivity index (χ3n) is 3.63. The van der Waals surface area contributed by atoms with Crippen LogP contribution in [0.2, 0.25) is 0 Å². The summed E-state index contributed by atoms with van der Waals surface area (Å²) in [7, 11) is 0. The number of nitrogens with two attached hydrogens (primary N) is 1. The fourth-order valence-electron chi connectivity index (χ4n) is 2.50. The number of aliphatic hydroxyl groups excluding tert-OH is 1. The van der Waals surface area contributed by atoms with Crippen molar-refractivity contribution in [1.82, 2.24) is 0 Å². The van der Waals surface area contributed by atoms with Crippen LogP contribution < -0.4 is 10.6 Å². The van der Waals surface area contributed by atoms with Gasteiger partial charge in [0.2, 0.25) is 0 Å². The number of hydrogen-bond donors (Lipinski definition) is 2. The molecule has 1 aliphatic heterocycles. The topological polar surface area (TPSA) is 49.5 Å². The first kappa shape index (κ1) is 12.9. The number of aliphatic hydroxyl groups is 1. The molecule has 4 heteroatoms. The standard InChI is InChI=1S/C13H19BrN2O/c1-9-4-5-16(13(9)8-17)12-3-2-10(7-15)6-11(12)14/h2-3,6,9,13,17H,4-5,7-8,15H2,1H3. The summed E-state index contributed by atoms with van der Waals surface area (Å²) in [5.41, 5.74) is 7.90. The maximum Gasteiger partial charge on any atom is 0.0637 e. The molecular weight excluding hydrogens is 280 g/mol. The van der Waals surface area contributed by atoms with Crippen molar-refractivity contribution >= 4 is 21.6 Å². The van der Waals surface area contributed by atoms with Crippen LogP contribution in [-0.4, -0.2) is 24.3 Å². The number of nitrogens with zero attached hydrogens (tertiary/aromatic N) is 1. The Bertz CT molecular complexity index is 397. The van der Waals surface area contributed by atoms with E-state index in [4.69, 9.17) is 5.73 Å².